The van der Waals surface area contributed by atoms with Crippen molar-refractivity contribution >= 4 is 17.7 Å². The standard InChI is InChI=1S/C6H8O2S/c1-5(6(7)9)3-4-8-2/h3-4H,1H2,2H3,(H,7,9). The van der Waals surface area contributed by atoms with Gasteiger partial charge in [0.25, 0.3) is 0 Å². The minimum Gasteiger partial charge on any atom is -0.504 e. The van der Waals surface area contributed by atoms with E-state index in [9.17, 15) is 4.79 Å². The molecule has 0 aromatic carbocycles. The summed E-state index contributed by atoms with van der Waals surface area (Å²) in [6.07, 6.45) is 2.83. The largest absolute Gasteiger partial charge is 0.504 e. The van der Waals surface area contributed by atoms with Crippen molar-refractivity contribution in [3.8, 4) is 0 Å². The van der Waals surface area contributed by atoms with Gasteiger partial charge in [-0.3, -0.25) is 4.79 Å². The maximum Gasteiger partial charge on any atom is 0.215 e. The van der Waals surface area contributed by atoms with Gasteiger partial charge in [-0.2, -0.15) is 0 Å². The highest BCUT2D eigenvalue weighted by molar-refractivity contribution is 7.97. The smallest absolute Gasteiger partial charge is 0.215 e. The summed E-state index contributed by atoms with van der Waals surface area (Å²) in [6, 6.07) is 0. The minimum absolute atomic E-state index is 0.320. The van der Waals surface area contributed by atoms with Gasteiger partial charge in [0.2, 0.25) is 5.12 Å². The van der Waals surface area contributed by atoms with Crippen LogP contribution in [0.25, 0.3) is 0 Å². The van der Waals surface area contributed by atoms with Gasteiger partial charge in [0, 0.05) is 5.57 Å². The molecule has 0 atom stereocenters. The van der Waals surface area contributed by atoms with E-state index >= 15 is 0 Å². The molecule has 2 nitrogen and oxygen atoms in total. The van der Waals surface area contributed by atoms with E-state index in [0.29, 0.717) is 5.57 Å². The average molecular weight is 144 g/mol. The van der Waals surface area contributed by atoms with Crippen molar-refractivity contribution in [2.45, 2.75) is 0 Å². The molecule has 0 heterocycles. The number of hydrogen-bond donors (Lipinski definition) is 1. The molecule has 0 aromatic rings. The maximum absolute atomic E-state index is 10.3. The number of allylic oxidation sites excluding steroid dienone is 1. The maximum atomic E-state index is 10.3. The molecule has 3 heteroatoms. The van der Waals surface area contributed by atoms with Gasteiger partial charge < -0.3 is 4.74 Å². The Kier molecular flexibility index (Phi) is 3.88. The summed E-state index contributed by atoms with van der Waals surface area (Å²) < 4.78 is 4.54. The van der Waals surface area contributed by atoms with Crippen LogP contribution in [0.1, 0.15) is 0 Å². The second-order valence-corrected chi connectivity index (χ2v) is 1.78. The normalized spacial score (nSPS) is 9.56. The van der Waals surface area contributed by atoms with Crippen LogP contribution >= 0.6 is 12.6 Å². The fourth-order valence-corrected chi connectivity index (χ4v) is 0.296. The second-order valence-electron chi connectivity index (χ2n) is 1.37. The predicted molar refractivity (Wildman–Crippen MR) is 39.3 cm³/mol. The number of ether oxygens (including phenoxy) is 1. The van der Waals surface area contributed by atoms with Crippen molar-refractivity contribution in [2.75, 3.05) is 7.11 Å². The van der Waals surface area contributed by atoms with Crippen LogP contribution < -0.4 is 0 Å². The Morgan fingerprint density at radius 3 is 2.67 bits per heavy atom. The predicted octanol–water partition coefficient (Wildman–Crippen LogP) is 1.16. The molecule has 0 spiro atoms. The minimum atomic E-state index is -0.344. The third kappa shape index (κ3) is 3.85. The molecular formula is C6H8O2S. The fraction of sp³-hybridized carbons (Fsp3) is 0.167. The molecular weight excluding hydrogens is 136 g/mol. The number of rotatable bonds is 3. The molecule has 0 bridgehead atoms. The van der Waals surface area contributed by atoms with E-state index in [1.165, 1.54) is 19.4 Å². The first-order chi connectivity index (χ1) is 4.18. The molecule has 0 saturated carbocycles. The molecule has 50 valence electrons. The van der Waals surface area contributed by atoms with E-state index in [4.69, 9.17) is 0 Å². The average Bonchev–Trinajstić information content (AvgIpc) is 1.82. The zero-order valence-corrected chi connectivity index (χ0v) is 6.02. The van der Waals surface area contributed by atoms with Crippen LogP contribution in [0.3, 0.4) is 0 Å². The van der Waals surface area contributed by atoms with Gasteiger partial charge in [-0.1, -0.05) is 6.58 Å². The van der Waals surface area contributed by atoms with Crippen molar-refractivity contribution in [2.24, 2.45) is 0 Å². The van der Waals surface area contributed by atoms with Crippen molar-refractivity contribution < 1.29 is 9.53 Å². The topological polar surface area (TPSA) is 26.3 Å². The van der Waals surface area contributed by atoms with Crippen LogP contribution in [-0.2, 0) is 9.53 Å². The first kappa shape index (κ1) is 8.30. The van der Waals surface area contributed by atoms with E-state index in [1.807, 2.05) is 0 Å². The lowest BCUT2D eigenvalue weighted by Gasteiger charge is -1.88. The lowest BCUT2D eigenvalue weighted by Crippen LogP contribution is -1.85. The zero-order chi connectivity index (χ0) is 7.28. The molecule has 0 aromatic heterocycles. The van der Waals surface area contributed by atoms with E-state index in [2.05, 4.69) is 23.9 Å². The third-order valence-electron chi connectivity index (χ3n) is 0.680. The first-order valence-electron chi connectivity index (χ1n) is 2.30. The Balaban J connectivity index is 3.77. The number of methoxy groups -OCH3 is 1. The Labute approximate surface area is 59.6 Å². The van der Waals surface area contributed by atoms with E-state index < -0.39 is 0 Å². The molecule has 0 radical (unpaired) electrons. The molecule has 0 aliphatic rings. The number of carbonyl (C=O) groups excluding carboxylic acids is 1. The number of hydrogen-bond acceptors (Lipinski definition) is 2. The molecule has 9 heavy (non-hydrogen) atoms. The van der Waals surface area contributed by atoms with Gasteiger partial charge in [-0.05, 0) is 6.08 Å². The highest BCUT2D eigenvalue weighted by atomic mass is 32.1. The third-order valence-corrected chi connectivity index (χ3v) is 0.967. The zero-order valence-electron chi connectivity index (χ0n) is 5.13. The quantitative estimate of drug-likeness (QED) is 0.278. The SMILES string of the molecule is C=C(C=COC)C(=O)S. The summed E-state index contributed by atoms with van der Waals surface area (Å²) in [4.78, 5) is 10.3. The molecule has 0 aliphatic carbocycles. The van der Waals surface area contributed by atoms with Crippen LogP contribution in [0.2, 0.25) is 0 Å². The highest BCUT2D eigenvalue weighted by Gasteiger charge is 1.93. The van der Waals surface area contributed by atoms with Gasteiger partial charge in [0.05, 0.1) is 13.4 Å². The van der Waals surface area contributed by atoms with Crippen molar-refractivity contribution in [3.63, 3.8) is 0 Å². The molecule has 0 rings (SSSR count). The first-order valence-corrected chi connectivity index (χ1v) is 2.74. The molecule has 0 fully saturated rings. The second kappa shape index (κ2) is 4.21. The van der Waals surface area contributed by atoms with Crippen molar-refractivity contribution in [1.82, 2.24) is 0 Å². The van der Waals surface area contributed by atoms with Gasteiger partial charge >= 0.3 is 0 Å². The Bertz CT molecular complexity index is 149. The van der Waals surface area contributed by atoms with Crippen molar-refractivity contribution in [3.05, 3.63) is 24.5 Å². The molecule has 0 unspecified atom stereocenters. The van der Waals surface area contributed by atoms with Crippen LogP contribution in [0, 0.1) is 0 Å². The molecule has 0 aliphatic heterocycles. The summed E-state index contributed by atoms with van der Waals surface area (Å²) in [6.45, 7) is 3.40. The van der Waals surface area contributed by atoms with E-state index in [-0.39, 0.29) is 5.12 Å². The van der Waals surface area contributed by atoms with Crippen LogP contribution in [0.4, 0.5) is 0 Å². The Morgan fingerprint density at radius 2 is 2.33 bits per heavy atom. The monoisotopic (exact) mass is 144 g/mol. The van der Waals surface area contributed by atoms with Gasteiger partial charge in [0.15, 0.2) is 0 Å². The van der Waals surface area contributed by atoms with Crippen LogP contribution in [0.5, 0.6) is 0 Å². The van der Waals surface area contributed by atoms with Crippen LogP contribution in [-0.4, -0.2) is 12.2 Å². The summed E-state index contributed by atoms with van der Waals surface area (Å²) in [7, 11) is 1.49. The molecule has 0 amide bonds. The summed E-state index contributed by atoms with van der Waals surface area (Å²) >= 11 is 3.52. The fourth-order valence-electron chi connectivity index (χ4n) is 0.221. The molecule has 0 N–H and O–H groups in total. The van der Waals surface area contributed by atoms with E-state index in [1.54, 1.807) is 0 Å². The van der Waals surface area contributed by atoms with Crippen molar-refractivity contribution in [1.29, 1.82) is 0 Å². The van der Waals surface area contributed by atoms with Gasteiger partial charge in [-0.15, -0.1) is 12.6 Å². The van der Waals surface area contributed by atoms with Gasteiger partial charge in [-0.25, -0.2) is 0 Å². The summed E-state index contributed by atoms with van der Waals surface area (Å²) in [5.41, 5.74) is 0.320. The number of carbonyl (C=O) groups is 1. The molecule has 0 saturated heterocycles. The summed E-state index contributed by atoms with van der Waals surface area (Å²) in [5.74, 6) is 0. The van der Waals surface area contributed by atoms with E-state index in [0.717, 1.165) is 0 Å². The highest BCUT2D eigenvalue weighted by Crippen LogP contribution is 1.97. The lowest BCUT2D eigenvalue weighted by molar-refractivity contribution is -0.107. The Hall–Kier alpha value is -0.700. The van der Waals surface area contributed by atoms with Crippen LogP contribution in [0.15, 0.2) is 24.5 Å². The Morgan fingerprint density at radius 1 is 1.78 bits per heavy atom. The number of thiol groups is 1. The summed E-state index contributed by atoms with van der Waals surface area (Å²) in [5, 5.41) is -0.344. The van der Waals surface area contributed by atoms with Gasteiger partial charge in [0.1, 0.15) is 0 Å². The lowest BCUT2D eigenvalue weighted by atomic mass is 10.3.